The maximum absolute atomic E-state index is 11.2. The molecule has 0 bridgehead atoms. The molecule has 0 aromatic carbocycles. The van der Waals surface area contributed by atoms with E-state index in [-0.39, 0.29) is 17.5 Å². The van der Waals surface area contributed by atoms with Gasteiger partial charge in [0, 0.05) is 29.7 Å². The minimum Gasteiger partial charge on any atom is -0.476 e. The predicted octanol–water partition coefficient (Wildman–Crippen LogP) is 2.50. The van der Waals surface area contributed by atoms with Crippen molar-refractivity contribution < 1.29 is 15.0 Å². The number of carboxylic acids is 1. The largest absolute Gasteiger partial charge is 0.476 e. The highest BCUT2D eigenvalue weighted by molar-refractivity contribution is 6.30. The lowest BCUT2D eigenvalue weighted by atomic mass is 10.0. The molecule has 0 saturated heterocycles. The lowest BCUT2D eigenvalue weighted by Gasteiger charge is -2.08. The van der Waals surface area contributed by atoms with Crippen LogP contribution in [0.25, 0.3) is 11.3 Å². The van der Waals surface area contributed by atoms with E-state index in [1.165, 1.54) is 0 Å². The summed E-state index contributed by atoms with van der Waals surface area (Å²) in [6, 6.07) is 5.49. The van der Waals surface area contributed by atoms with Gasteiger partial charge in [0.25, 0.3) is 0 Å². The maximum atomic E-state index is 11.2. The molecule has 0 fully saturated rings. The van der Waals surface area contributed by atoms with E-state index in [2.05, 4.69) is 20.2 Å². The summed E-state index contributed by atoms with van der Waals surface area (Å²) in [4.78, 5) is 19.6. The molecule has 0 unspecified atom stereocenters. The van der Waals surface area contributed by atoms with E-state index in [1.807, 2.05) is 12.1 Å². The summed E-state index contributed by atoms with van der Waals surface area (Å²) in [5, 5.41) is 25.0. The summed E-state index contributed by atoms with van der Waals surface area (Å²) in [5.74, 6) is -1.11. The van der Waals surface area contributed by atoms with Crippen molar-refractivity contribution in [2.75, 3.05) is 0 Å². The van der Waals surface area contributed by atoms with Crippen LogP contribution in [-0.4, -0.2) is 36.3 Å². The van der Waals surface area contributed by atoms with Crippen molar-refractivity contribution in [3.63, 3.8) is 0 Å². The Labute approximate surface area is 148 Å². The number of nitrogens with one attached hydrogen (secondary N) is 1. The topological polar surface area (TPSA) is 112 Å². The van der Waals surface area contributed by atoms with Gasteiger partial charge in [0.1, 0.15) is 5.15 Å². The van der Waals surface area contributed by atoms with E-state index in [9.17, 15) is 9.90 Å². The molecule has 7 nitrogen and oxygen atoms in total. The van der Waals surface area contributed by atoms with Gasteiger partial charge < -0.3 is 10.2 Å². The van der Waals surface area contributed by atoms with E-state index in [1.54, 1.807) is 24.7 Å². The Balaban J connectivity index is 1.84. The van der Waals surface area contributed by atoms with Crippen LogP contribution >= 0.6 is 11.6 Å². The summed E-state index contributed by atoms with van der Waals surface area (Å²) in [7, 11) is 0. The van der Waals surface area contributed by atoms with Crippen LogP contribution < -0.4 is 0 Å². The van der Waals surface area contributed by atoms with E-state index < -0.39 is 5.97 Å². The number of nitrogens with zero attached hydrogens (tertiary/aromatic N) is 3. The summed E-state index contributed by atoms with van der Waals surface area (Å²) in [6.45, 7) is -0.101. The van der Waals surface area contributed by atoms with Crippen LogP contribution in [0.3, 0.4) is 0 Å². The minimum absolute atomic E-state index is 0.0610. The second-order valence-corrected chi connectivity index (χ2v) is 5.79. The van der Waals surface area contributed by atoms with Crippen molar-refractivity contribution in [1.29, 1.82) is 0 Å². The van der Waals surface area contributed by atoms with Crippen LogP contribution in [0.15, 0.2) is 36.8 Å². The highest BCUT2D eigenvalue weighted by atomic mass is 35.5. The van der Waals surface area contributed by atoms with E-state index in [4.69, 9.17) is 16.7 Å². The van der Waals surface area contributed by atoms with E-state index >= 15 is 0 Å². The molecule has 3 N–H and O–H groups in total. The molecule has 0 saturated carbocycles. The fourth-order valence-electron chi connectivity index (χ4n) is 2.59. The third-order valence-electron chi connectivity index (χ3n) is 3.86. The van der Waals surface area contributed by atoms with Crippen LogP contribution in [0, 0.1) is 0 Å². The number of hydrogen-bond acceptors (Lipinski definition) is 5. The molecule has 3 aromatic rings. The van der Waals surface area contributed by atoms with E-state index in [0.29, 0.717) is 24.1 Å². The Morgan fingerprint density at radius 1 is 1.24 bits per heavy atom. The number of rotatable bonds is 6. The maximum Gasteiger partial charge on any atom is 0.356 e. The van der Waals surface area contributed by atoms with Gasteiger partial charge >= 0.3 is 5.97 Å². The zero-order chi connectivity index (χ0) is 17.8. The summed E-state index contributed by atoms with van der Waals surface area (Å²) >= 11 is 5.99. The van der Waals surface area contributed by atoms with Crippen molar-refractivity contribution in [1.82, 2.24) is 20.2 Å². The second-order valence-electron chi connectivity index (χ2n) is 5.41. The third-order valence-corrected chi connectivity index (χ3v) is 4.18. The first kappa shape index (κ1) is 17.1. The number of halogens is 1. The molecule has 0 spiro atoms. The smallest absolute Gasteiger partial charge is 0.356 e. The number of H-pyrrole nitrogens is 1. The molecule has 0 radical (unpaired) electrons. The van der Waals surface area contributed by atoms with Gasteiger partial charge in [-0.15, -0.1) is 0 Å². The molecular weight excluding hydrogens is 344 g/mol. The summed E-state index contributed by atoms with van der Waals surface area (Å²) in [6.07, 6.45) is 5.96. The Morgan fingerprint density at radius 3 is 2.84 bits per heavy atom. The van der Waals surface area contributed by atoms with Gasteiger partial charge in [-0.2, -0.15) is 5.10 Å². The van der Waals surface area contributed by atoms with Gasteiger partial charge in [-0.3, -0.25) is 15.1 Å². The molecule has 25 heavy (non-hydrogen) atoms. The predicted molar refractivity (Wildman–Crippen MR) is 91.4 cm³/mol. The van der Waals surface area contributed by atoms with Crippen LogP contribution in [0.2, 0.25) is 5.15 Å². The quantitative estimate of drug-likeness (QED) is 0.624. The first-order valence-corrected chi connectivity index (χ1v) is 7.93. The number of aliphatic hydroxyl groups excluding tert-OH is 1. The molecule has 3 rings (SSSR count). The molecule has 3 aromatic heterocycles. The first-order chi connectivity index (χ1) is 12.1. The summed E-state index contributed by atoms with van der Waals surface area (Å²) in [5.41, 5.74) is 3.59. The van der Waals surface area contributed by atoms with Gasteiger partial charge in [0.15, 0.2) is 5.69 Å². The van der Waals surface area contributed by atoms with Crippen LogP contribution in [-0.2, 0) is 19.4 Å². The SMILES string of the molecule is O=C(O)c1n[nH]c(Cl)c1CCc1ccnc(-c2cnccc2CO)c1. The van der Waals surface area contributed by atoms with Crippen LogP contribution in [0.1, 0.15) is 27.2 Å². The highest BCUT2D eigenvalue weighted by Gasteiger charge is 2.17. The van der Waals surface area contributed by atoms with Gasteiger partial charge in [0.05, 0.1) is 12.3 Å². The normalized spacial score (nSPS) is 10.8. The molecule has 0 aliphatic heterocycles. The number of hydrogen-bond donors (Lipinski definition) is 3. The van der Waals surface area contributed by atoms with E-state index in [0.717, 1.165) is 16.7 Å². The number of pyridine rings is 2. The third kappa shape index (κ3) is 3.67. The van der Waals surface area contributed by atoms with Gasteiger partial charge in [-0.05, 0) is 42.2 Å². The molecule has 0 amide bonds. The van der Waals surface area contributed by atoms with Gasteiger partial charge in [-0.25, -0.2) is 4.79 Å². The Bertz CT molecular complexity index is 910. The van der Waals surface area contributed by atoms with Crippen LogP contribution in [0.5, 0.6) is 0 Å². The monoisotopic (exact) mass is 358 g/mol. The van der Waals surface area contributed by atoms with Gasteiger partial charge in [-0.1, -0.05) is 11.6 Å². The Morgan fingerprint density at radius 2 is 2.08 bits per heavy atom. The second kappa shape index (κ2) is 7.42. The Hall–Kier alpha value is -2.77. The lowest BCUT2D eigenvalue weighted by Crippen LogP contribution is -2.03. The number of aliphatic hydroxyl groups is 1. The summed E-state index contributed by atoms with van der Waals surface area (Å²) < 4.78 is 0. The lowest BCUT2D eigenvalue weighted by molar-refractivity contribution is 0.0689. The van der Waals surface area contributed by atoms with Crippen LogP contribution in [0.4, 0.5) is 0 Å². The van der Waals surface area contributed by atoms with Crippen molar-refractivity contribution in [2.45, 2.75) is 19.4 Å². The molecule has 8 heteroatoms. The number of carboxylic acid groups (broad SMARTS) is 1. The average Bonchev–Trinajstić information content (AvgIpc) is 3.01. The molecule has 3 heterocycles. The number of carbonyl (C=O) groups is 1. The zero-order valence-electron chi connectivity index (χ0n) is 13.1. The van der Waals surface area contributed by atoms with Crippen molar-refractivity contribution in [3.05, 3.63) is 64.3 Å². The fraction of sp³-hybridized carbons (Fsp3) is 0.176. The number of aromatic amines is 1. The highest BCUT2D eigenvalue weighted by Crippen LogP contribution is 2.23. The average molecular weight is 359 g/mol. The molecule has 0 aliphatic rings. The number of aromatic carboxylic acids is 1. The minimum atomic E-state index is -1.11. The molecule has 0 atom stereocenters. The van der Waals surface area contributed by atoms with Gasteiger partial charge in [0.2, 0.25) is 0 Å². The van der Waals surface area contributed by atoms with Crippen molar-refractivity contribution in [3.8, 4) is 11.3 Å². The molecule has 0 aliphatic carbocycles. The fourth-order valence-corrected chi connectivity index (χ4v) is 2.81. The van der Waals surface area contributed by atoms with Crippen molar-refractivity contribution >= 4 is 17.6 Å². The Kier molecular flexibility index (Phi) is 5.06. The zero-order valence-corrected chi connectivity index (χ0v) is 13.9. The number of aromatic nitrogens is 4. The molecule has 128 valence electrons. The number of aryl methyl sites for hydroxylation is 1. The standard InChI is InChI=1S/C17H15ClN4O3/c18-16-12(15(17(24)25)21-22-16)2-1-10-3-6-20-14(7-10)13-8-19-5-4-11(13)9-23/h3-8,23H,1-2,9H2,(H,21,22)(H,24,25). The first-order valence-electron chi connectivity index (χ1n) is 7.55. The molecular formula is C17H15ClN4O3. The van der Waals surface area contributed by atoms with Crippen molar-refractivity contribution in [2.24, 2.45) is 0 Å².